The minimum absolute atomic E-state index is 0.00996. The summed E-state index contributed by atoms with van der Waals surface area (Å²) in [6.07, 6.45) is 0. The number of hydrogen-bond donors (Lipinski definition) is 1. The number of amides is 1. The number of thiophene rings is 1. The van der Waals surface area contributed by atoms with Crippen molar-refractivity contribution < 1.29 is 23.9 Å². The molecule has 1 fully saturated rings. The number of thioether (sulfide) groups is 1. The lowest BCUT2D eigenvalue weighted by Gasteiger charge is -2.32. The molecule has 1 saturated heterocycles. The molecule has 27 heavy (non-hydrogen) atoms. The van der Waals surface area contributed by atoms with Crippen LogP contribution in [0.15, 0.2) is 33.4 Å². The van der Waals surface area contributed by atoms with E-state index in [0.717, 1.165) is 10.4 Å². The van der Waals surface area contributed by atoms with Crippen molar-refractivity contribution in [1.82, 2.24) is 4.90 Å². The van der Waals surface area contributed by atoms with E-state index in [9.17, 15) is 14.4 Å². The Balaban J connectivity index is 2.31. The third-order valence-electron chi connectivity index (χ3n) is 4.45. The molecule has 0 aliphatic carbocycles. The number of hydrogen-bond acceptors (Lipinski definition) is 8. The third kappa shape index (κ3) is 3.04. The number of fused-ring (bicyclic) bond motifs is 1. The predicted molar refractivity (Wildman–Crippen MR) is 103 cm³/mol. The first-order valence-electron chi connectivity index (χ1n) is 8.37. The van der Waals surface area contributed by atoms with E-state index >= 15 is 0 Å². The molecule has 0 bridgehead atoms. The summed E-state index contributed by atoms with van der Waals surface area (Å²) in [5, 5.41) is 1.87. The lowest BCUT2D eigenvalue weighted by Crippen LogP contribution is -2.40. The minimum Gasteiger partial charge on any atom is -0.466 e. The zero-order valence-corrected chi connectivity index (χ0v) is 17.0. The average molecular weight is 409 g/mol. The average Bonchev–Trinajstić information content (AvgIpc) is 3.17. The first-order valence-corrected chi connectivity index (χ1v) is 10.1. The van der Waals surface area contributed by atoms with E-state index in [1.165, 1.54) is 35.1 Å². The van der Waals surface area contributed by atoms with Crippen LogP contribution >= 0.6 is 23.1 Å². The third-order valence-corrected chi connectivity index (χ3v) is 6.71. The summed E-state index contributed by atoms with van der Waals surface area (Å²) in [7, 11) is 1.27. The quantitative estimate of drug-likeness (QED) is 0.763. The van der Waals surface area contributed by atoms with Crippen LogP contribution in [0, 0.1) is 6.92 Å². The molecule has 0 radical (unpaired) electrons. The van der Waals surface area contributed by atoms with Gasteiger partial charge in [0.1, 0.15) is 5.82 Å². The summed E-state index contributed by atoms with van der Waals surface area (Å²) < 4.78 is 10.2. The van der Waals surface area contributed by atoms with Gasteiger partial charge in [-0.3, -0.25) is 9.69 Å². The van der Waals surface area contributed by atoms with Crippen LogP contribution in [-0.2, 0) is 23.9 Å². The molecule has 9 heteroatoms. The largest absolute Gasteiger partial charge is 0.466 e. The second-order valence-electron chi connectivity index (χ2n) is 6.06. The Kier molecular flexibility index (Phi) is 5.34. The number of carbonyl (C=O) groups excluding carboxylic acids is 3. The van der Waals surface area contributed by atoms with E-state index in [-0.39, 0.29) is 29.5 Å². The maximum atomic E-state index is 12.8. The molecule has 3 heterocycles. The van der Waals surface area contributed by atoms with Crippen molar-refractivity contribution in [2.75, 3.05) is 13.7 Å². The number of methoxy groups -OCH3 is 1. The summed E-state index contributed by atoms with van der Waals surface area (Å²) in [5.41, 5.74) is 7.53. The van der Waals surface area contributed by atoms with E-state index in [4.69, 9.17) is 15.2 Å². The molecule has 3 rings (SSSR count). The summed E-state index contributed by atoms with van der Waals surface area (Å²) in [6.45, 7) is 5.46. The molecule has 2 unspecified atom stereocenters. The van der Waals surface area contributed by atoms with Gasteiger partial charge in [0.15, 0.2) is 0 Å². The van der Waals surface area contributed by atoms with Gasteiger partial charge in [-0.15, -0.1) is 11.3 Å². The van der Waals surface area contributed by atoms with E-state index in [0.29, 0.717) is 5.03 Å². The van der Waals surface area contributed by atoms with Crippen LogP contribution in [-0.4, -0.2) is 41.7 Å². The summed E-state index contributed by atoms with van der Waals surface area (Å²) in [5.74, 6) is -2.26. The predicted octanol–water partition coefficient (Wildman–Crippen LogP) is 2.24. The van der Waals surface area contributed by atoms with Crippen LogP contribution < -0.4 is 5.73 Å². The van der Waals surface area contributed by atoms with Crippen LogP contribution in [0.5, 0.6) is 0 Å². The van der Waals surface area contributed by atoms with Crippen LogP contribution in [0.25, 0.3) is 0 Å². The van der Waals surface area contributed by atoms with Gasteiger partial charge in [0.2, 0.25) is 5.91 Å². The zero-order valence-electron chi connectivity index (χ0n) is 15.4. The number of ether oxygens (including phenoxy) is 2. The number of nitrogens with zero attached hydrogens (tertiary/aromatic N) is 1. The topological polar surface area (TPSA) is 98.9 Å². The van der Waals surface area contributed by atoms with Gasteiger partial charge in [-0.2, -0.15) is 0 Å². The van der Waals surface area contributed by atoms with Gasteiger partial charge >= 0.3 is 11.9 Å². The molecule has 2 aliphatic rings. The SMILES string of the molecule is CCOC(=O)C1=C(N)N2C(=O)C(C)SC2=C(C(=O)OC)C1c1sccc1C. The Hall–Kier alpha value is -2.26. The Labute approximate surface area is 165 Å². The van der Waals surface area contributed by atoms with E-state index < -0.39 is 23.1 Å². The standard InChI is InChI=1S/C18H20N2O5S2/c1-5-25-18(23)11-10(13-8(2)6-7-26-13)12(17(22)24-4)16-20(14(11)19)15(21)9(3)27-16/h6-7,9-10H,5,19H2,1-4H3. The highest BCUT2D eigenvalue weighted by Crippen LogP contribution is 2.51. The highest BCUT2D eigenvalue weighted by Gasteiger charge is 2.49. The fourth-order valence-corrected chi connectivity index (χ4v) is 5.40. The lowest BCUT2D eigenvalue weighted by molar-refractivity contribution is -0.139. The van der Waals surface area contributed by atoms with Gasteiger partial charge in [0.05, 0.1) is 41.1 Å². The number of carbonyl (C=O) groups is 3. The Morgan fingerprint density at radius 2 is 2.00 bits per heavy atom. The van der Waals surface area contributed by atoms with Gasteiger partial charge in [-0.1, -0.05) is 11.8 Å². The van der Waals surface area contributed by atoms with Crippen molar-refractivity contribution in [3.63, 3.8) is 0 Å². The van der Waals surface area contributed by atoms with Gasteiger partial charge < -0.3 is 15.2 Å². The van der Waals surface area contributed by atoms with Crippen LogP contribution in [0.2, 0.25) is 0 Å². The van der Waals surface area contributed by atoms with Crippen molar-refractivity contribution in [2.45, 2.75) is 31.9 Å². The second-order valence-corrected chi connectivity index (χ2v) is 8.34. The summed E-state index contributed by atoms with van der Waals surface area (Å²) >= 11 is 2.65. The molecule has 7 nitrogen and oxygen atoms in total. The van der Waals surface area contributed by atoms with Crippen molar-refractivity contribution in [3.05, 3.63) is 43.9 Å². The molecule has 2 atom stereocenters. The molecule has 144 valence electrons. The molecule has 2 N–H and O–H groups in total. The van der Waals surface area contributed by atoms with Crippen molar-refractivity contribution in [3.8, 4) is 0 Å². The summed E-state index contributed by atoms with van der Waals surface area (Å²) in [6, 6.07) is 1.90. The zero-order chi connectivity index (χ0) is 19.9. The van der Waals surface area contributed by atoms with E-state index in [1.54, 1.807) is 13.8 Å². The first-order chi connectivity index (χ1) is 12.8. The minimum atomic E-state index is -0.742. The first kappa shape index (κ1) is 19.5. The van der Waals surface area contributed by atoms with Crippen LogP contribution in [0.1, 0.15) is 30.2 Å². The van der Waals surface area contributed by atoms with Crippen molar-refractivity contribution >= 4 is 40.9 Å². The lowest BCUT2D eigenvalue weighted by atomic mass is 9.85. The fraction of sp³-hybridized carbons (Fsp3) is 0.389. The fourth-order valence-electron chi connectivity index (χ4n) is 3.19. The smallest absolute Gasteiger partial charge is 0.338 e. The highest BCUT2D eigenvalue weighted by molar-refractivity contribution is 8.04. The van der Waals surface area contributed by atoms with Gasteiger partial charge in [-0.05, 0) is 37.8 Å². The molecule has 1 aromatic rings. The van der Waals surface area contributed by atoms with Crippen LogP contribution in [0.4, 0.5) is 0 Å². The van der Waals surface area contributed by atoms with E-state index in [1.807, 2.05) is 18.4 Å². The molecule has 0 saturated carbocycles. The van der Waals surface area contributed by atoms with Crippen molar-refractivity contribution in [2.24, 2.45) is 5.73 Å². The molecule has 1 amide bonds. The molecular weight excluding hydrogens is 388 g/mol. The molecular formula is C18H20N2O5S2. The number of esters is 2. The summed E-state index contributed by atoms with van der Waals surface area (Å²) in [4.78, 5) is 40.2. The van der Waals surface area contributed by atoms with E-state index in [2.05, 4.69) is 0 Å². The molecule has 1 aromatic heterocycles. The van der Waals surface area contributed by atoms with Gasteiger partial charge in [0.25, 0.3) is 0 Å². The molecule has 0 spiro atoms. The Morgan fingerprint density at radius 3 is 2.56 bits per heavy atom. The van der Waals surface area contributed by atoms with Gasteiger partial charge in [0, 0.05) is 4.88 Å². The highest BCUT2D eigenvalue weighted by atomic mass is 32.2. The normalized spacial score (nSPS) is 22.2. The maximum Gasteiger partial charge on any atom is 0.338 e. The maximum absolute atomic E-state index is 12.8. The Bertz CT molecular complexity index is 886. The number of aryl methyl sites for hydroxylation is 1. The van der Waals surface area contributed by atoms with Gasteiger partial charge in [-0.25, -0.2) is 9.59 Å². The van der Waals surface area contributed by atoms with Crippen LogP contribution in [0.3, 0.4) is 0 Å². The second kappa shape index (κ2) is 7.40. The molecule has 2 aliphatic heterocycles. The van der Waals surface area contributed by atoms with Crippen molar-refractivity contribution in [1.29, 1.82) is 0 Å². The number of rotatable bonds is 4. The monoisotopic (exact) mass is 408 g/mol. The number of nitrogens with two attached hydrogens (primary N) is 1. The molecule has 0 aromatic carbocycles. The Morgan fingerprint density at radius 1 is 1.30 bits per heavy atom.